The van der Waals surface area contributed by atoms with Gasteiger partial charge < -0.3 is 0 Å². The van der Waals surface area contributed by atoms with Gasteiger partial charge in [0.25, 0.3) is 0 Å². The Morgan fingerprint density at radius 1 is 1.00 bits per heavy atom. The molecule has 0 spiro atoms. The third kappa shape index (κ3) is 2.52. The Labute approximate surface area is 112 Å². The van der Waals surface area contributed by atoms with Crippen molar-refractivity contribution < 1.29 is 8.60 Å². The summed E-state index contributed by atoms with van der Waals surface area (Å²) in [7, 11) is -1.65. The van der Waals surface area contributed by atoms with Crippen LogP contribution in [0.15, 0.2) is 52.3 Å². The third-order valence-corrected chi connectivity index (χ3v) is 3.92. The molecule has 0 saturated heterocycles. The van der Waals surface area contributed by atoms with Crippen molar-refractivity contribution in [2.24, 2.45) is 0 Å². The number of hydrogen-bond donors (Lipinski definition) is 0. The van der Waals surface area contributed by atoms with E-state index in [1.165, 1.54) is 36.4 Å². The van der Waals surface area contributed by atoms with E-state index < -0.39 is 16.6 Å². The number of nitriles is 2. The summed E-state index contributed by atoms with van der Waals surface area (Å²) in [5, 5.41) is 17.6. The zero-order valence-electron chi connectivity index (χ0n) is 9.63. The minimum atomic E-state index is -1.65. The van der Waals surface area contributed by atoms with Crippen molar-refractivity contribution >= 4 is 10.8 Å². The van der Waals surface area contributed by atoms with Crippen molar-refractivity contribution in [3.63, 3.8) is 0 Å². The monoisotopic (exact) mass is 270 g/mol. The molecular formula is C14H7FN2OS. The summed E-state index contributed by atoms with van der Waals surface area (Å²) in [5.74, 6) is -0.693. The van der Waals surface area contributed by atoms with Crippen molar-refractivity contribution in [1.29, 1.82) is 10.5 Å². The van der Waals surface area contributed by atoms with Crippen molar-refractivity contribution in [3.05, 3.63) is 59.4 Å². The Morgan fingerprint density at radius 3 is 2.26 bits per heavy atom. The fourth-order valence-electron chi connectivity index (χ4n) is 1.55. The van der Waals surface area contributed by atoms with Crippen LogP contribution in [0.1, 0.15) is 11.1 Å². The van der Waals surface area contributed by atoms with E-state index in [1.807, 2.05) is 6.07 Å². The van der Waals surface area contributed by atoms with Gasteiger partial charge in [0, 0.05) is 4.90 Å². The lowest BCUT2D eigenvalue weighted by molar-refractivity contribution is 0.618. The average molecular weight is 270 g/mol. The molecule has 2 aromatic rings. The molecule has 0 heterocycles. The van der Waals surface area contributed by atoms with Crippen molar-refractivity contribution in [2.45, 2.75) is 9.79 Å². The first-order chi connectivity index (χ1) is 9.17. The Kier molecular flexibility index (Phi) is 3.70. The van der Waals surface area contributed by atoms with Crippen LogP contribution in [0, 0.1) is 28.5 Å². The van der Waals surface area contributed by atoms with E-state index in [9.17, 15) is 8.60 Å². The lowest BCUT2D eigenvalue weighted by Crippen LogP contribution is -1.98. The van der Waals surface area contributed by atoms with Gasteiger partial charge in [0.1, 0.15) is 17.4 Å². The molecule has 0 N–H and O–H groups in total. The summed E-state index contributed by atoms with van der Waals surface area (Å²) in [6.07, 6.45) is 0. The van der Waals surface area contributed by atoms with E-state index in [-0.39, 0.29) is 10.5 Å². The van der Waals surface area contributed by atoms with Gasteiger partial charge in [0.15, 0.2) is 0 Å². The minimum absolute atomic E-state index is 0.132. The number of hydrogen-bond acceptors (Lipinski definition) is 3. The van der Waals surface area contributed by atoms with Crippen LogP contribution in [0.2, 0.25) is 0 Å². The highest BCUT2D eigenvalue weighted by atomic mass is 32.2. The summed E-state index contributed by atoms with van der Waals surface area (Å²) < 4.78 is 25.7. The van der Waals surface area contributed by atoms with Crippen LogP contribution in [0.5, 0.6) is 0 Å². The van der Waals surface area contributed by atoms with Crippen molar-refractivity contribution in [3.8, 4) is 12.1 Å². The van der Waals surface area contributed by atoms with Crippen LogP contribution in [0.3, 0.4) is 0 Å². The van der Waals surface area contributed by atoms with Gasteiger partial charge in [-0.1, -0.05) is 6.07 Å². The van der Waals surface area contributed by atoms with Crippen molar-refractivity contribution in [2.75, 3.05) is 0 Å². The molecule has 0 aliphatic carbocycles. The van der Waals surface area contributed by atoms with Crippen LogP contribution in [-0.2, 0) is 10.8 Å². The highest BCUT2D eigenvalue weighted by Gasteiger charge is 2.15. The summed E-state index contributed by atoms with van der Waals surface area (Å²) in [6.45, 7) is 0. The summed E-state index contributed by atoms with van der Waals surface area (Å²) in [4.78, 5) is 0.549. The molecule has 5 heteroatoms. The number of rotatable bonds is 2. The second kappa shape index (κ2) is 5.43. The van der Waals surface area contributed by atoms with E-state index in [0.717, 1.165) is 6.07 Å². The highest BCUT2D eigenvalue weighted by Crippen LogP contribution is 2.22. The number of halogens is 1. The molecule has 3 nitrogen and oxygen atoms in total. The first kappa shape index (κ1) is 12.9. The zero-order valence-corrected chi connectivity index (χ0v) is 10.4. The summed E-state index contributed by atoms with van der Waals surface area (Å²) in [5.41, 5.74) is 0.227. The fraction of sp³-hybridized carbons (Fsp3) is 0. The minimum Gasteiger partial charge on any atom is -0.249 e. The predicted octanol–water partition coefficient (Wildman–Crippen LogP) is 2.74. The molecule has 0 aromatic heterocycles. The maximum absolute atomic E-state index is 13.4. The lowest BCUT2D eigenvalue weighted by atomic mass is 10.2. The van der Waals surface area contributed by atoms with E-state index >= 15 is 0 Å². The van der Waals surface area contributed by atoms with Gasteiger partial charge in [0.05, 0.1) is 27.3 Å². The molecule has 0 bridgehead atoms. The largest absolute Gasteiger partial charge is 0.249 e. The normalized spacial score (nSPS) is 11.3. The van der Waals surface area contributed by atoms with E-state index in [4.69, 9.17) is 10.5 Å². The standard InChI is InChI=1S/C14H7FN2OS/c15-13-2-1-3-14(12(13)9-17)19(18)11-6-4-10(8-16)5-7-11/h1-7H. The molecule has 92 valence electrons. The molecule has 0 aliphatic rings. The first-order valence-electron chi connectivity index (χ1n) is 5.28. The molecule has 0 saturated carbocycles. The van der Waals surface area contributed by atoms with Crippen LogP contribution in [0.4, 0.5) is 4.39 Å². The molecule has 1 atom stereocenters. The van der Waals surface area contributed by atoms with E-state index in [1.54, 1.807) is 6.07 Å². The maximum Gasteiger partial charge on any atom is 0.142 e. The molecule has 2 aromatic carbocycles. The molecule has 0 radical (unpaired) electrons. The highest BCUT2D eigenvalue weighted by molar-refractivity contribution is 7.85. The molecule has 19 heavy (non-hydrogen) atoms. The Hall–Kier alpha value is -2.50. The first-order valence-corrected chi connectivity index (χ1v) is 6.43. The van der Waals surface area contributed by atoms with Gasteiger partial charge >= 0.3 is 0 Å². The van der Waals surface area contributed by atoms with Crippen molar-refractivity contribution in [1.82, 2.24) is 0 Å². The Bertz CT molecular complexity index is 727. The van der Waals surface area contributed by atoms with E-state index in [0.29, 0.717) is 10.5 Å². The molecule has 0 fully saturated rings. The Morgan fingerprint density at radius 2 is 1.68 bits per heavy atom. The van der Waals surface area contributed by atoms with Gasteiger partial charge in [-0.05, 0) is 36.4 Å². The van der Waals surface area contributed by atoms with Crippen LogP contribution < -0.4 is 0 Å². The van der Waals surface area contributed by atoms with Crippen LogP contribution >= 0.6 is 0 Å². The zero-order chi connectivity index (χ0) is 13.8. The lowest BCUT2D eigenvalue weighted by Gasteiger charge is -2.05. The third-order valence-electron chi connectivity index (χ3n) is 2.48. The Balaban J connectivity index is 2.48. The second-order valence-corrected chi connectivity index (χ2v) is 5.08. The van der Waals surface area contributed by atoms with Gasteiger partial charge in [0.2, 0.25) is 0 Å². The van der Waals surface area contributed by atoms with Gasteiger partial charge in [-0.25, -0.2) is 8.60 Å². The molecule has 0 aliphatic heterocycles. The van der Waals surface area contributed by atoms with Gasteiger partial charge in [-0.3, -0.25) is 0 Å². The summed E-state index contributed by atoms with van der Waals surface area (Å²) in [6, 6.07) is 13.8. The molecule has 1 unspecified atom stereocenters. The molecule has 2 rings (SSSR count). The number of nitrogens with zero attached hydrogens (tertiary/aromatic N) is 2. The van der Waals surface area contributed by atoms with Gasteiger partial charge in [-0.15, -0.1) is 0 Å². The SMILES string of the molecule is N#Cc1ccc(S(=O)c2cccc(F)c2C#N)cc1. The molecular weight excluding hydrogens is 263 g/mol. The number of benzene rings is 2. The quantitative estimate of drug-likeness (QED) is 0.842. The smallest absolute Gasteiger partial charge is 0.142 e. The second-order valence-electron chi connectivity index (χ2n) is 3.63. The van der Waals surface area contributed by atoms with Crippen LogP contribution in [-0.4, -0.2) is 4.21 Å². The van der Waals surface area contributed by atoms with Gasteiger partial charge in [-0.2, -0.15) is 10.5 Å². The molecule has 0 amide bonds. The van der Waals surface area contributed by atoms with Crippen LogP contribution in [0.25, 0.3) is 0 Å². The summed E-state index contributed by atoms with van der Waals surface area (Å²) >= 11 is 0. The average Bonchev–Trinajstić information content (AvgIpc) is 2.46. The predicted molar refractivity (Wildman–Crippen MR) is 66.9 cm³/mol. The van der Waals surface area contributed by atoms with E-state index in [2.05, 4.69) is 0 Å². The maximum atomic E-state index is 13.4. The fourth-order valence-corrected chi connectivity index (χ4v) is 2.72. The topological polar surface area (TPSA) is 64.7 Å².